The molecule has 0 atom stereocenters. The van der Waals surface area contributed by atoms with E-state index in [0.717, 1.165) is 29.8 Å². The molecule has 1 aliphatic heterocycles. The van der Waals surface area contributed by atoms with Gasteiger partial charge in [0.1, 0.15) is 0 Å². The molecule has 174 valence electrons. The lowest BCUT2D eigenvalue weighted by atomic mass is 9.97. The fourth-order valence-corrected chi connectivity index (χ4v) is 5.93. The van der Waals surface area contributed by atoms with Crippen molar-refractivity contribution < 1.29 is 22.0 Å². The van der Waals surface area contributed by atoms with Gasteiger partial charge in [0.2, 0.25) is 15.9 Å². The molecule has 2 aromatic carbocycles. The van der Waals surface area contributed by atoms with E-state index in [1.807, 2.05) is 17.5 Å². The number of halogens is 2. The van der Waals surface area contributed by atoms with E-state index < -0.39 is 21.7 Å². The Morgan fingerprint density at radius 2 is 1.82 bits per heavy atom. The van der Waals surface area contributed by atoms with Crippen LogP contribution in [0.5, 0.6) is 0 Å². The first-order valence-electron chi connectivity index (χ1n) is 10.6. The first kappa shape index (κ1) is 23.5. The van der Waals surface area contributed by atoms with E-state index in [1.165, 1.54) is 21.2 Å². The third kappa shape index (κ3) is 5.13. The average Bonchev–Trinajstić information content (AvgIpc) is 3.29. The quantitative estimate of drug-likeness (QED) is 0.543. The number of nitrogens with one attached hydrogen (secondary N) is 1. The summed E-state index contributed by atoms with van der Waals surface area (Å²) in [5.74, 6) is -2.89. The molecule has 10 heteroatoms. The van der Waals surface area contributed by atoms with Gasteiger partial charge in [0.05, 0.1) is 10.6 Å². The summed E-state index contributed by atoms with van der Waals surface area (Å²) in [5.41, 5.74) is 2.99. The molecule has 0 saturated carbocycles. The largest absolute Gasteiger partial charge is 0.302 e. The molecule has 33 heavy (non-hydrogen) atoms. The van der Waals surface area contributed by atoms with E-state index in [1.54, 1.807) is 0 Å². The molecule has 0 unspecified atom stereocenters. The lowest BCUT2D eigenvalue weighted by Crippen LogP contribution is -2.41. The van der Waals surface area contributed by atoms with E-state index in [4.69, 9.17) is 0 Å². The SMILES string of the molecule is CCc1ccc(-c2csc(NC(=O)C3CCN(S(=O)(=O)c4ccc(F)c(F)c4)CC3)n2)cc1. The van der Waals surface area contributed by atoms with Crippen LogP contribution in [0.3, 0.4) is 0 Å². The minimum Gasteiger partial charge on any atom is -0.302 e. The van der Waals surface area contributed by atoms with E-state index >= 15 is 0 Å². The number of rotatable bonds is 6. The molecule has 0 bridgehead atoms. The molecule has 1 saturated heterocycles. The molecule has 0 aliphatic carbocycles. The molecule has 1 amide bonds. The van der Waals surface area contributed by atoms with Gasteiger partial charge in [-0.05, 0) is 43.0 Å². The molecule has 6 nitrogen and oxygen atoms in total. The summed E-state index contributed by atoms with van der Waals surface area (Å²) in [6.07, 6.45) is 1.61. The fourth-order valence-electron chi connectivity index (χ4n) is 3.73. The van der Waals surface area contributed by atoms with Gasteiger partial charge < -0.3 is 5.32 Å². The summed E-state index contributed by atoms with van der Waals surface area (Å²) in [5, 5.41) is 5.21. The molecule has 0 spiro atoms. The number of benzene rings is 2. The summed E-state index contributed by atoms with van der Waals surface area (Å²) in [6.45, 7) is 2.33. The fraction of sp³-hybridized carbons (Fsp3) is 0.304. The highest BCUT2D eigenvalue weighted by Gasteiger charge is 2.32. The van der Waals surface area contributed by atoms with Crippen LogP contribution in [0.25, 0.3) is 11.3 Å². The van der Waals surface area contributed by atoms with E-state index in [2.05, 4.69) is 29.4 Å². The summed E-state index contributed by atoms with van der Waals surface area (Å²) in [6, 6.07) is 10.6. The first-order valence-corrected chi connectivity index (χ1v) is 12.9. The molecular formula is C23H23F2N3O3S2. The third-order valence-electron chi connectivity index (χ3n) is 5.75. The Bertz CT molecular complexity index is 1250. The van der Waals surface area contributed by atoms with Crippen LogP contribution in [0.1, 0.15) is 25.3 Å². The van der Waals surface area contributed by atoms with Crippen molar-refractivity contribution in [1.29, 1.82) is 0 Å². The Kier molecular flexibility index (Phi) is 6.87. The van der Waals surface area contributed by atoms with Gasteiger partial charge in [-0.15, -0.1) is 11.3 Å². The molecular weight excluding hydrogens is 468 g/mol. The highest BCUT2D eigenvalue weighted by molar-refractivity contribution is 7.89. The van der Waals surface area contributed by atoms with Gasteiger partial charge >= 0.3 is 0 Å². The van der Waals surface area contributed by atoms with Gasteiger partial charge in [-0.3, -0.25) is 4.79 Å². The minimum absolute atomic E-state index is 0.117. The first-order chi connectivity index (χ1) is 15.8. The number of aryl methyl sites for hydroxylation is 1. The number of thiazole rings is 1. The zero-order valence-electron chi connectivity index (χ0n) is 17.9. The molecule has 1 fully saturated rings. The van der Waals surface area contributed by atoms with Crippen molar-refractivity contribution in [1.82, 2.24) is 9.29 Å². The Hall–Kier alpha value is -2.69. The molecule has 3 aromatic rings. The number of carbonyl (C=O) groups excluding carboxylic acids is 1. The van der Waals surface area contributed by atoms with Gasteiger partial charge in [0, 0.05) is 30.0 Å². The maximum atomic E-state index is 13.5. The van der Waals surface area contributed by atoms with Crippen molar-refractivity contribution >= 4 is 32.4 Å². The van der Waals surface area contributed by atoms with E-state index in [9.17, 15) is 22.0 Å². The molecule has 2 heterocycles. The van der Waals surface area contributed by atoms with Crippen LogP contribution >= 0.6 is 11.3 Å². The summed E-state index contributed by atoms with van der Waals surface area (Å²) in [7, 11) is -3.96. The van der Waals surface area contributed by atoms with Crippen LogP contribution in [-0.4, -0.2) is 36.7 Å². The number of aromatic nitrogens is 1. The summed E-state index contributed by atoms with van der Waals surface area (Å²) < 4.78 is 53.3. The second-order valence-corrected chi connectivity index (χ2v) is 10.6. The number of carbonyl (C=O) groups is 1. The maximum absolute atomic E-state index is 13.5. The Balaban J connectivity index is 1.36. The Morgan fingerprint density at radius 3 is 2.45 bits per heavy atom. The van der Waals surface area contributed by atoms with Crippen molar-refractivity contribution in [2.75, 3.05) is 18.4 Å². The summed E-state index contributed by atoms with van der Waals surface area (Å²) >= 11 is 1.34. The van der Waals surface area contributed by atoms with E-state index in [-0.39, 0.29) is 29.8 Å². The van der Waals surface area contributed by atoms with Crippen LogP contribution in [-0.2, 0) is 21.2 Å². The monoisotopic (exact) mass is 491 g/mol. The Morgan fingerprint density at radius 1 is 1.12 bits per heavy atom. The second-order valence-electron chi connectivity index (χ2n) is 7.83. The number of hydrogen-bond donors (Lipinski definition) is 1. The lowest BCUT2D eigenvalue weighted by molar-refractivity contribution is -0.120. The smallest absolute Gasteiger partial charge is 0.243 e. The zero-order valence-corrected chi connectivity index (χ0v) is 19.6. The lowest BCUT2D eigenvalue weighted by Gasteiger charge is -2.30. The van der Waals surface area contributed by atoms with Crippen LogP contribution in [0, 0.1) is 17.6 Å². The Labute approximate surface area is 195 Å². The topological polar surface area (TPSA) is 79.4 Å². The summed E-state index contributed by atoms with van der Waals surface area (Å²) in [4.78, 5) is 16.9. The van der Waals surface area contributed by atoms with Crippen molar-refractivity contribution in [2.24, 2.45) is 5.92 Å². The van der Waals surface area contributed by atoms with Gasteiger partial charge in [-0.1, -0.05) is 31.2 Å². The number of hydrogen-bond acceptors (Lipinski definition) is 5. The highest BCUT2D eigenvalue weighted by atomic mass is 32.2. The second kappa shape index (κ2) is 9.66. The molecule has 4 rings (SSSR count). The standard InChI is InChI=1S/C23H23F2N3O3S2/c1-2-15-3-5-16(6-4-15)21-14-32-23(26-21)27-22(29)17-9-11-28(12-10-17)33(30,31)18-7-8-19(24)20(25)13-18/h3-8,13-14,17H,2,9-12H2,1H3,(H,26,27,29). The molecule has 0 radical (unpaired) electrons. The molecule has 1 aromatic heterocycles. The predicted molar refractivity (Wildman–Crippen MR) is 123 cm³/mol. The van der Waals surface area contributed by atoms with Crippen LogP contribution < -0.4 is 5.32 Å². The number of sulfonamides is 1. The van der Waals surface area contributed by atoms with Crippen LogP contribution in [0.2, 0.25) is 0 Å². The van der Waals surface area contributed by atoms with Crippen molar-refractivity contribution in [3.8, 4) is 11.3 Å². The van der Waals surface area contributed by atoms with Gasteiger partial charge in [0.25, 0.3) is 0 Å². The molecule has 1 aliphatic rings. The van der Waals surface area contributed by atoms with Crippen LogP contribution in [0.15, 0.2) is 52.7 Å². The van der Waals surface area contributed by atoms with E-state index in [0.29, 0.717) is 24.0 Å². The maximum Gasteiger partial charge on any atom is 0.243 e. The number of nitrogens with zero attached hydrogens (tertiary/aromatic N) is 2. The average molecular weight is 492 g/mol. The van der Waals surface area contributed by atoms with Gasteiger partial charge in [-0.25, -0.2) is 22.2 Å². The third-order valence-corrected chi connectivity index (χ3v) is 8.40. The number of amides is 1. The minimum atomic E-state index is -3.96. The van der Waals surface area contributed by atoms with Gasteiger partial charge in [-0.2, -0.15) is 4.31 Å². The van der Waals surface area contributed by atoms with Crippen LogP contribution in [0.4, 0.5) is 13.9 Å². The zero-order chi connectivity index (χ0) is 23.6. The highest BCUT2D eigenvalue weighted by Crippen LogP contribution is 2.28. The predicted octanol–water partition coefficient (Wildman–Crippen LogP) is 4.69. The van der Waals surface area contributed by atoms with Crippen molar-refractivity contribution in [3.05, 3.63) is 65.0 Å². The normalized spacial score (nSPS) is 15.5. The number of anilines is 1. The number of piperidine rings is 1. The van der Waals surface area contributed by atoms with Crippen molar-refractivity contribution in [3.63, 3.8) is 0 Å². The molecule has 1 N–H and O–H groups in total. The van der Waals surface area contributed by atoms with Crippen molar-refractivity contribution in [2.45, 2.75) is 31.1 Å². The van der Waals surface area contributed by atoms with Gasteiger partial charge in [0.15, 0.2) is 16.8 Å².